The molecule has 1 N–H and O–H groups in total. The van der Waals surface area contributed by atoms with Crippen LogP contribution in [0.25, 0.3) is 40.9 Å². The molecule has 0 bridgehead atoms. The quantitative estimate of drug-likeness (QED) is 0.0228. The predicted molar refractivity (Wildman–Crippen MR) is 298 cm³/mol. The number of thiophene rings is 4. The van der Waals surface area contributed by atoms with Crippen LogP contribution in [0.5, 0.6) is 0 Å². The Bertz CT molecular complexity index is 2860. The van der Waals surface area contributed by atoms with E-state index < -0.39 is 5.97 Å². The average molecular weight is 960 g/mol. The molecule has 0 saturated carbocycles. The number of nitrogens with zero attached hydrogens (tertiary/aromatic N) is 2. The van der Waals surface area contributed by atoms with Gasteiger partial charge in [-0.15, -0.1) is 45.3 Å². The summed E-state index contributed by atoms with van der Waals surface area (Å²) in [6.07, 6.45) is 28.3. The summed E-state index contributed by atoms with van der Waals surface area (Å²) in [5, 5.41) is 18.8. The number of aliphatic carboxylic acids is 1. The summed E-state index contributed by atoms with van der Waals surface area (Å²) < 4.78 is 0. The van der Waals surface area contributed by atoms with Crippen molar-refractivity contribution in [2.24, 2.45) is 0 Å². The highest BCUT2D eigenvalue weighted by Gasteiger charge is 2.28. The van der Waals surface area contributed by atoms with Crippen LogP contribution in [0.2, 0.25) is 0 Å². The molecule has 1 radical (unpaired) electrons. The van der Waals surface area contributed by atoms with Crippen LogP contribution in [0.1, 0.15) is 125 Å². The molecule has 9 heteroatoms. The van der Waals surface area contributed by atoms with Crippen LogP contribution >= 0.6 is 45.3 Å². The van der Waals surface area contributed by atoms with Crippen LogP contribution in [-0.2, 0) is 17.6 Å². The van der Waals surface area contributed by atoms with Crippen molar-refractivity contribution < 1.29 is 9.90 Å². The van der Waals surface area contributed by atoms with Crippen molar-refractivity contribution in [3.05, 3.63) is 158 Å². The third-order valence-corrected chi connectivity index (χ3v) is 17.3. The zero-order valence-corrected chi connectivity index (χ0v) is 43.9. The van der Waals surface area contributed by atoms with Crippen LogP contribution in [0.4, 0.5) is 5.69 Å². The number of fused-ring (bicyclic) bond motifs is 3. The molecule has 0 amide bonds. The molecular formula is C58H64BN2O2S4. The maximum absolute atomic E-state index is 11.6. The van der Waals surface area contributed by atoms with Crippen LogP contribution in [0.3, 0.4) is 0 Å². The van der Waals surface area contributed by atoms with E-state index in [9.17, 15) is 15.2 Å². The smallest absolute Gasteiger partial charge is 0.346 e. The van der Waals surface area contributed by atoms with Gasteiger partial charge in [0, 0.05) is 56.1 Å². The molecule has 1 aromatic carbocycles. The highest BCUT2D eigenvalue weighted by molar-refractivity contribution is 7.30. The number of carboxylic acid groups (broad SMARTS) is 1. The van der Waals surface area contributed by atoms with Gasteiger partial charge in [0.15, 0.2) is 7.28 Å². The number of nitriles is 1. The topological polar surface area (TPSA) is 64.3 Å². The van der Waals surface area contributed by atoms with E-state index in [-0.39, 0.29) is 5.57 Å². The summed E-state index contributed by atoms with van der Waals surface area (Å²) >= 11 is 7.21. The second kappa shape index (κ2) is 24.2. The van der Waals surface area contributed by atoms with Crippen LogP contribution in [0, 0.1) is 25.2 Å². The van der Waals surface area contributed by atoms with E-state index in [1.165, 1.54) is 107 Å². The fraction of sp³-hybridized carbons (Fsp3) is 0.310. The second-order valence-corrected chi connectivity index (χ2v) is 21.5. The Morgan fingerprint density at radius 1 is 0.791 bits per heavy atom. The predicted octanol–water partition coefficient (Wildman–Crippen LogP) is 16.7. The van der Waals surface area contributed by atoms with Crippen molar-refractivity contribution in [2.75, 3.05) is 4.90 Å². The van der Waals surface area contributed by atoms with Crippen molar-refractivity contribution in [3.63, 3.8) is 0 Å². The van der Waals surface area contributed by atoms with Gasteiger partial charge in [-0.2, -0.15) is 5.26 Å². The Hall–Kier alpha value is -5.24. The highest BCUT2D eigenvalue weighted by atomic mass is 32.1. The number of hydrogen-bond donors (Lipinski definition) is 1. The molecular weight excluding hydrogens is 896 g/mol. The molecule has 0 saturated heterocycles. The normalized spacial score (nSPS) is 13.1. The molecule has 4 aromatic heterocycles. The van der Waals surface area contributed by atoms with Crippen molar-refractivity contribution >= 4 is 86.9 Å². The zero-order chi connectivity index (χ0) is 48.2. The fourth-order valence-electron chi connectivity index (χ4n) is 8.47. The number of hydrogen-bond acceptors (Lipinski definition) is 7. The number of benzene rings is 1. The molecule has 67 heavy (non-hydrogen) atoms. The maximum atomic E-state index is 11.6. The van der Waals surface area contributed by atoms with Crippen molar-refractivity contribution in [3.8, 4) is 35.3 Å². The Labute approximate surface area is 417 Å². The van der Waals surface area contributed by atoms with Crippen molar-refractivity contribution in [1.29, 1.82) is 5.26 Å². The summed E-state index contributed by atoms with van der Waals surface area (Å²) in [4.78, 5) is 23.5. The number of rotatable bonds is 23. The Morgan fingerprint density at radius 2 is 1.45 bits per heavy atom. The molecule has 0 fully saturated rings. The summed E-state index contributed by atoms with van der Waals surface area (Å²) in [6.45, 7) is 26.5. The summed E-state index contributed by atoms with van der Waals surface area (Å²) in [6, 6.07) is 17.7. The van der Waals surface area contributed by atoms with E-state index in [0.717, 1.165) is 69.1 Å². The number of anilines is 1. The summed E-state index contributed by atoms with van der Waals surface area (Å²) in [5.74, 6) is -1.20. The molecule has 4 nitrogen and oxygen atoms in total. The third-order valence-electron chi connectivity index (χ3n) is 12.1. The minimum atomic E-state index is -1.20. The lowest BCUT2D eigenvalue weighted by atomic mass is 9.69. The van der Waals surface area contributed by atoms with Gasteiger partial charge in [-0.25, -0.2) is 4.79 Å². The molecule has 5 aromatic rings. The van der Waals surface area contributed by atoms with Crippen LogP contribution in [-0.4, -0.2) is 18.4 Å². The average Bonchev–Trinajstić information content (AvgIpc) is 4.15. The molecule has 345 valence electrons. The molecule has 0 aliphatic carbocycles. The van der Waals surface area contributed by atoms with E-state index in [0.29, 0.717) is 0 Å². The summed E-state index contributed by atoms with van der Waals surface area (Å²) in [5.41, 5.74) is 13.5. The van der Waals surface area contributed by atoms with E-state index in [1.54, 1.807) is 11.3 Å². The van der Waals surface area contributed by atoms with Crippen molar-refractivity contribution in [1.82, 2.24) is 0 Å². The maximum Gasteiger partial charge on any atom is 0.346 e. The molecule has 5 heterocycles. The second-order valence-electron chi connectivity index (χ2n) is 17.2. The lowest BCUT2D eigenvalue weighted by Crippen LogP contribution is -2.23. The number of allylic oxidation sites excluding steroid dienone is 9. The lowest BCUT2D eigenvalue weighted by Gasteiger charge is -2.32. The number of carbonyl (C=O) groups is 1. The molecule has 0 spiro atoms. The van der Waals surface area contributed by atoms with Gasteiger partial charge in [0.05, 0.1) is 0 Å². The van der Waals surface area contributed by atoms with E-state index in [2.05, 4.69) is 147 Å². The molecule has 0 atom stereocenters. The van der Waals surface area contributed by atoms with Gasteiger partial charge >= 0.3 is 5.97 Å². The van der Waals surface area contributed by atoms with Gasteiger partial charge in [-0.1, -0.05) is 137 Å². The van der Waals surface area contributed by atoms with E-state index >= 15 is 0 Å². The van der Waals surface area contributed by atoms with Gasteiger partial charge in [-0.3, -0.25) is 0 Å². The largest absolute Gasteiger partial charge is 0.477 e. The van der Waals surface area contributed by atoms with E-state index in [4.69, 9.17) is 0 Å². The summed E-state index contributed by atoms with van der Waals surface area (Å²) in [7, 11) is 2.20. The number of aryl methyl sites for hydroxylation is 4. The highest BCUT2D eigenvalue weighted by Crippen LogP contribution is 2.47. The minimum Gasteiger partial charge on any atom is -0.477 e. The number of unbranched alkanes of at least 4 members (excludes halogenated alkanes) is 6. The van der Waals surface area contributed by atoms with Gasteiger partial charge < -0.3 is 10.0 Å². The standard InChI is InChI=1S/C58H64BN2O2S4/c1-11-16-19-21-24-43-33-53(67-54(43)42(14-4)28-27-39(8)49(15-5)61(41(10)38(7)23-18-13-3)50-29-26-37(6)30-40(50)9)55-44(25-22-20-17-12-2)32-51(65-55)52-35-48-57(66-52)56-47(59-48)34-46(64-56)31-45(36-60)58(62)63/h13-15,18,23,26-35H,8,10-12,16-17,19-22,24-25H2,1-7,9H3,(H,62,63)/b18-13-,28-27-,38-23-,42-14+,45-31+,49-15-. The lowest BCUT2D eigenvalue weighted by molar-refractivity contribution is -0.132. The van der Waals surface area contributed by atoms with E-state index in [1.807, 2.05) is 59.1 Å². The molecule has 1 aliphatic rings. The molecule has 6 rings (SSSR count). The first-order valence-electron chi connectivity index (χ1n) is 23.7. The third kappa shape index (κ3) is 12.3. The molecule has 1 aliphatic heterocycles. The van der Waals surface area contributed by atoms with Gasteiger partial charge in [-0.05, 0) is 137 Å². The first-order valence-corrected chi connectivity index (χ1v) is 26.9. The Kier molecular flexibility index (Phi) is 18.5. The van der Waals surface area contributed by atoms with Crippen LogP contribution in [0.15, 0.2) is 126 Å². The fourth-order valence-corrected chi connectivity index (χ4v) is 13.5. The van der Waals surface area contributed by atoms with Gasteiger partial charge in [0.25, 0.3) is 0 Å². The zero-order valence-electron chi connectivity index (χ0n) is 40.6. The minimum absolute atomic E-state index is 0.252. The SMILES string of the molecule is C=C(/C=C\C(=C/C)c1sc(-c2sc(-c3cc4c(s3)-c3sc(/C=C(\C#N)C(=O)O)cc3[B]4)cc2CCCCCC)cc1CCCCCC)/C(=C/C)N(C(=C)/C(C)=C\C=C/C)c1ccc(C)cc1C. The first-order chi connectivity index (χ1) is 32.3. The Morgan fingerprint density at radius 3 is 2.09 bits per heavy atom. The first kappa shape index (κ1) is 51.2. The van der Waals surface area contributed by atoms with Gasteiger partial charge in [0.1, 0.15) is 11.6 Å². The monoisotopic (exact) mass is 959 g/mol. The van der Waals surface area contributed by atoms with Crippen LogP contribution < -0.4 is 15.8 Å². The number of carboxylic acids is 1. The molecule has 0 unspecified atom stereocenters. The Balaban J connectivity index is 1.37. The van der Waals surface area contributed by atoms with Crippen molar-refractivity contribution in [2.45, 2.75) is 120 Å². The van der Waals surface area contributed by atoms with Gasteiger partial charge in [0.2, 0.25) is 0 Å².